The number of aliphatic imine (C=N–C) groups is 1. The molecule has 0 fully saturated rings. The molecule has 1 amide bonds. The van der Waals surface area contributed by atoms with E-state index < -0.39 is 12.1 Å². The highest BCUT2D eigenvalue weighted by molar-refractivity contribution is 6.67. The number of rotatable bonds is 8. The second-order valence-electron chi connectivity index (χ2n) is 6.25. The number of nitrogens with two attached hydrogens (primary N) is 3. The second kappa shape index (κ2) is 10.1. The number of carbonyl (C=O) groups is 1. The Labute approximate surface area is 174 Å². The van der Waals surface area contributed by atoms with Gasteiger partial charge >= 0.3 is 0 Å². The average Bonchev–Trinajstić information content (AvgIpc) is 2.69. The number of carbonyl (C=O) groups excluding carboxylic acids is 1. The summed E-state index contributed by atoms with van der Waals surface area (Å²) in [6.07, 6.45) is 0.628. The lowest BCUT2D eigenvalue weighted by atomic mass is 10.2. The van der Waals surface area contributed by atoms with E-state index in [9.17, 15) is 4.79 Å². The van der Waals surface area contributed by atoms with Crippen LogP contribution >= 0.6 is 11.6 Å². The summed E-state index contributed by atoms with van der Waals surface area (Å²) >= 11 is 6.07. The summed E-state index contributed by atoms with van der Waals surface area (Å²) in [5.41, 5.74) is 17.9. The second-order valence-corrected chi connectivity index (χ2v) is 6.63. The Morgan fingerprint density at radius 3 is 2.83 bits per heavy atom. The van der Waals surface area contributed by atoms with Crippen molar-refractivity contribution in [1.82, 2.24) is 4.90 Å². The highest BCUT2D eigenvalue weighted by atomic mass is 35.5. The summed E-state index contributed by atoms with van der Waals surface area (Å²) < 4.78 is 5.46. The van der Waals surface area contributed by atoms with Gasteiger partial charge in [-0.1, -0.05) is 31.0 Å². The number of halogens is 1. The molecule has 1 aromatic rings. The van der Waals surface area contributed by atoms with Crippen LogP contribution in [0.25, 0.3) is 0 Å². The van der Waals surface area contributed by atoms with Gasteiger partial charge in [0.1, 0.15) is 29.5 Å². The summed E-state index contributed by atoms with van der Waals surface area (Å²) in [5, 5.41) is 17.6. The number of benzene rings is 1. The number of nitrogens with zero attached hydrogens (tertiary/aromatic N) is 3. The lowest BCUT2D eigenvalue weighted by Crippen LogP contribution is -2.58. The van der Waals surface area contributed by atoms with Crippen molar-refractivity contribution < 1.29 is 14.6 Å². The maximum atomic E-state index is 11.7. The lowest BCUT2D eigenvalue weighted by molar-refractivity contribution is -0.114. The summed E-state index contributed by atoms with van der Waals surface area (Å²) in [6.45, 7) is 2.54. The Morgan fingerprint density at radius 1 is 1.48 bits per heavy atom. The number of unbranched alkanes of at least 4 members (excludes halogenated alkanes) is 1. The van der Waals surface area contributed by atoms with E-state index in [0.29, 0.717) is 18.0 Å². The van der Waals surface area contributed by atoms with Crippen molar-refractivity contribution in [3.8, 4) is 5.75 Å². The van der Waals surface area contributed by atoms with E-state index in [-0.39, 0.29) is 35.9 Å². The number of hydrogen-bond donors (Lipinski definition) is 5. The molecule has 0 spiro atoms. The van der Waals surface area contributed by atoms with Gasteiger partial charge in [0, 0.05) is 18.3 Å². The van der Waals surface area contributed by atoms with Crippen molar-refractivity contribution in [3.63, 3.8) is 0 Å². The van der Waals surface area contributed by atoms with Gasteiger partial charge in [0.2, 0.25) is 5.96 Å². The zero-order chi connectivity index (χ0) is 21.6. The summed E-state index contributed by atoms with van der Waals surface area (Å²) in [7, 11) is 0. The summed E-state index contributed by atoms with van der Waals surface area (Å²) in [4.78, 5) is 18.4. The SMILES string of the molecule is CCCCN(C(=N)N1C(N)=C(C(N)=O)N=C(Cl)C1N)c1cccc(OCCO)c1. The van der Waals surface area contributed by atoms with Gasteiger partial charge in [-0.3, -0.25) is 15.1 Å². The van der Waals surface area contributed by atoms with Gasteiger partial charge in [-0.2, -0.15) is 0 Å². The first kappa shape index (κ1) is 22.5. The number of ether oxygens (including phenoxy) is 1. The van der Waals surface area contributed by atoms with Gasteiger partial charge in [-0.15, -0.1) is 0 Å². The first-order valence-electron chi connectivity index (χ1n) is 9.10. The maximum Gasteiger partial charge on any atom is 0.271 e. The third-order valence-electron chi connectivity index (χ3n) is 4.18. The van der Waals surface area contributed by atoms with Crippen molar-refractivity contribution in [3.05, 3.63) is 35.8 Å². The van der Waals surface area contributed by atoms with E-state index in [1.807, 2.05) is 6.92 Å². The average molecular weight is 424 g/mol. The van der Waals surface area contributed by atoms with Crippen LogP contribution in [0.5, 0.6) is 5.75 Å². The molecule has 1 aliphatic heterocycles. The molecule has 29 heavy (non-hydrogen) atoms. The molecule has 8 N–H and O–H groups in total. The summed E-state index contributed by atoms with van der Waals surface area (Å²) in [6, 6.07) is 7.05. The Morgan fingerprint density at radius 2 is 2.21 bits per heavy atom. The minimum absolute atomic E-state index is 0.0884. The van der Waals surface area contributed by atoms with Crippen LogP contribution in [0.3, 0.4) is 0 Å². The molecular formula is C18H26ClN7O3. The minimum Gasteiger partial charge on any atom is -0.491 e. The van der Waals surface area contributed by atoms with Crippen molar-refractivity contribution in [2.45, 2.75) is 25.9 Å². The maximum absolute atomic E-state index is 11.7. The first-order valence-corrected chi connectivity index (χ1v) is 9.47. The third-order valence-corrected chi connectivity index (χ3v) is 4.49. The van der Waals surface area contributed by atoms with E-state index in [1.54, 1.807) is 29.2 Å². The van der Waals surface area contributed by atoms with Crippen LogP contribution in [0, 0.1) is 5.41 Å². The summed E-state index contributed by atoms with van der Waals surface area (Å²) in [5.74, 6) is -0.567. The van der Waals surface area contributed by atoms with Crippen LogP contribution in [0.2, 0.25) is 0 Å². The highest BCUT2D eigenvalue weighted by Crippen LogP contribution is 2.26. The van der Waals surface area contributed by atoms with Crippen LogP contribution in [-0.2, 0) is 4.79 Å². The van der Waals surface area contributed by atoms with Crippen LogP contribution in [0.1, 0.15) is 19.8 Å². The van der Waals surface area contributed by atoms with E-state index in [2.05, 4.69) is 4.99 Å². The van der Waals surface area contributed by atoms with E-state index >= 15 is 0 Å². The van der Waals surface area contributed by atoms with Gasteiger partial charge in [0.05, 0.1) is 6.61 Å². The molecule has 1 aliphatic rings. The number of amides is 1. The fraction of sp³-hybridized carbons (Fsp3) is 0.389. The Hall–Kier alpha value is -2.82. The van der Waals surface area contributed by atoms with E-state index in [4.69, 9.17) is 44.1 Å². The zero-order valence-corrected chi connectivity index (χ0v) is 16.9. The predicted molar refractivity (Wildman–Crippen MR) is 113 cm³/mol. The molecule has 0 aromatic heterocycles. The smallest absolute Gasteiger partial charge is 0.271 e. The van der Waals surface area contributed by atoms with Gasteiger partial charge < -0.3 is 31.9 Å². The molecule has 1 atom stereocenters. The molecule has 0 radical (unpaired) electrons. The quantitative estimate of drug-likeness (QED) is 0.298. The fourth-order valence-corrected chi connectivity index (χ4v) is 2.92. The fourth-order valence-electron chi connectivity index (χ4n) is 2.74. The Balaban J connectivity index is 2.43. The van der Waals surface area contributed by atoms with E-state index in [1.165, 1.54) is 4.90 Å². The third kappa shape index (κ3) is 5.17. The van der Waals surface area contributed by atoms with Crippen molar-refractivity contribution in [2.75, 3.05) is 24.7 Å². The van der Waals surface area contributed by atoms with Crippen molar-refractivity contribution in [2.24, 2.45) is 22.2 Å². The van der Waals surface area contributed by atoms with Gasteiger partial charge in [0.15, 0.2) is 5.70 Å². The molecule has 0 saturated heterocycles. The lowest BCUT2D eigenvalue weighted by Gasteiger charge is -2.38. The monoisotopic (exact) mass is 423 g/mol. The van der Waals surface area contributed by atoms with Gasteiger partial charge in [0.25, 0.3) is 5.91 Å². The van der Waals surface area contributed by atoms with E-state index in [0.717, 1.165) is 12.8 Å². The molecule has 0 bridgehead atoms. The normalized spacial score (nSPS) is 16.5. The molecule has 158 valence electrons. The number of primary amides is 1. The predicted octanol–water partition coefficient (Wildman–Crippen LogP) is 0.450. The number of aliphatic hydroxyl groups is 1. The topological polar surface area (TPSA) is 167 Å². The number of nitrogens with one attached hydrogen (secondary N) is 1. The molecule has 1 aromatic carbocycles. The van der Waals surface area contributed by atoms with Crippen LogP contribution < -0.4 is 26.8 Å². The highest BCUT2D eigenvalue weighted by Gasteiger charge is 2.34. The van der Waals surface area contributed by atoms with Crippen LogP contribution in [0.4, 0.5) is 5.69 Å². The van der Waals surface area contributed by atoms with Crippen molar-refractivity contribution in [1.29, 1.82) is 5.41 Å². The molecule has 0 aliphatic carbocycles. The minimum atomic E-state index is -1.04. The molecule has 2 rings (SSSR count). The number of aliphatic hydroxyl groups excluding tert-OH is 1. The first-order chi connectivity index (χ1) is 13.8. The standard InChI is InChI=1S/C18H26ClN7O3/c1-2-3-7-25(11-5-4-6-12(10-11)29-9-8-27)18(23)26-15(20)13(17(22)28)24-14(19)16(26)21/h4-6,10,16,23,27H,2-3,7-9,20-21H2,1H3,(H2,22,28). The largest absolute Gasteiger partial charge is 0.491 e. The van der Waals surface area contributed by atoms with Crippen molar-refractivity contribution >= 4 is 34.3 Å². The molecule has 0 saturated carbocycles. The number of guanidine groups is 1. The molecule has 10 nitrogen and oxygen atoms in total. The molecule has 1 heterocycles. The molecule has 11 heteroatoms. The molecule has 1 unspecified atom stereocenters. The Kier molecular flexibility index (Phi) is 7.82. The van der Waals surface area contributed by atoms with Gasteiger partial charge in [-0.05, 0) is 18.6 Å². The number of hydrogen-bond acceptors (Lipinski definition) is 7. The number of anilines is 1. The van der Waals surface area contributed by atoms with Crippen LogP contribution in [0.15, 0.2) is 40.8 Å². The zero-order valence-electron chi connectivity index (χ0n) is 16.1. The van der Waals surface area contributed by atoms with Crippen LogP contribution in [-0.4, -0.2) is 53.0 Å². The Bertz CT molecular complexity index is 827. The van der Waals surface area contributed by atoms with Gasteiger partial charge in [-0.25, -0.2) is 4.99 Å². The molecular weight excluding hydrogens is 398 g/mol.